The van der Waals surface area contributed by atoms with Gasteiger partial charge in [-0.05, 0) is 31.1 Å². The second-order valence-corrected chi connectivity index (χ2v) is 5.85. The van der Waals surface area contributed by atoms with E-state index in [1.54, 1.807) is 7.11 Å². The molecule has 106 valence electrons. The average Bonchev–Trinajstić information content (AvgIpc) is 2.34. The van der Waals surface area contributed by atoms with Crippen molar-refractivity contribution < 1.29 is 4.74 Å². The third kappa shape index (κ3) is 4.46. The summed E-state index contributed by atoms with van der Waals surface area (Å²) in [5.74, 6) is 6.31. The van der Waals surface area contributed by atoms with Crippen molar-refractivity contribution in [2.24, 2.45) is 16.3 Å². The molecular weight excluding hydrogens is 228 g/mol. The molecular formula is C13H28N4O. The molecule has 0 unspecified atom stereocenters. The summed E-state index contributed by atoms with van der Waals surface area (Å²) in [6.45, 7) is 5.95. The van der Waals surface area contributed by atoms with E-state index in [2.05, 4.69) is 36.2 Å². The van der Waals surface area contributed by atoms with Crippen molar-refractivity contribution in [2.75, 3.05) is 27.3 Å². The summed E-state index contributed by atoms with van der Waals surface area (Å²) in [5.41, 5.74) is 3.19. The summed E-state index contributed by atoms with van der Waals surface area (Å²) >= 11 is 0. The Kier molecular flexibility index (Phi) is 5.88. The largest absolute Gasteiger partial charge is 0.383 e. The summed E-state index contributed by atoms with van der Waals surface area (Å²) in [7, 11) is 3.74. The van der Waals surface area contributed by atoms with Gasteiger partial charge < -0.3 is 9.64 Å². The van der Waals surface area contributed by atoms with Gasteiger partial charge in [0.1, 0.15) is 0 Å². The average molecular weight is 256 g/mol. The van der Waals surface area contributed by atoms with Gasteiger partial charge in [0.15, 0.2) is 0 Å². The van der Waals surface area contributed by atoms with Gasteiger partial charge in [-0.25, -0.2) is 10.8 Å². The first-order valence-electron chi connectivity index (χ1n) is 6.73. The molecule has 1 aliphatic carbocycles. The Labute approximate surface area is 111 Å². The Balaban J connectivity index is 2.51. The van der Waals surface area contributed by atoms with Gasteiger partial charge in [-0.1, -0.05) is 13.8 Å². The van der Waals surface area contributed by atoms with E-state index in [0.717, 1.165) is 5.96 Å². The maximum absolute atomic E-state index is 5.55. The topological polar surface area (TPSA) is 62.9 Å². The number of ether oxygens (including phenoxy) is 1. The number of nitrogens with zero attached hydrogens (tertiary/aromatic N) is 2. The Morgan fingerprint density at radius 2 is 2.06 bits per heavy atom. The molecule has 0 saturated heterocycles. The van der Waals surface area contributed by atoms with Gasteiger partial charge in [0.25, 0.3) is 0 Å². The normalized spacial score (nSPS) is 20.8. The first-order chi connectivity index (χ1) is 8.50. The molecule has 3 N–H and O–H groups in total. The van der Waals surface area contributed by atoms with Crippen molar-refractivity contribution in [3.63, 3.8) is 0 Å². The number of hydrogen-bond donors (Lipinski definition) is 2. The van der Waals surface area contributed by atoms with Crippen molar-refractivity contribution in [3.05, 3.63) is 0 Å². The maximum atomic E-state index is 5.55. The number of nitrogens with two attached hydrogens (primary N) is 1. The number of hydrogen-bond acceptors (Lipinski definition) is 3. The van der Waals surface area contributed by atoms with Gasteiger partial charge in [-0.15, -0.1) is 0 Å². The van der Waals surface area contributed by atoms with Crippen molar-refractivity contribution in [1.29, 1.82) is 0 Å². The molecule has 0 heterocycles. The van der Waals surface area contributed by atoms with E-state index >= 15 is 0 Å². The van der Waals surface area contributed by atoms with Crippen LogP contribution in [0.1, 0.15) is 39.5 Å². The van der Waals surface area contributed by atoms with Gasteiger partial charge in [0.2, 0.25) is 5.96 Å². The molecule has 0 spiro atoms. The predicted octanol–water partition coefficient (Wildman–Crippen LogP) is 1.35. The zero-order valence-electron chi connectivity index (χ0n) is 12.2. The Morgan fingerprint density at radius 3 is 2.56 bits per heavy atom. The lowest BCUT2D eigenvalue weighted by atomic mass is 9.75. The van der Waals surface area contributed by atoms with E-state index < -0.39 is 0 Å². The number of rotatable bonds is 4. The quantitative estimate of drug-likeness (QED) is 0.262. The number of nitrogens with one attached hydrogen (secondary N) is 1. The van der Waals surface area contributed by atoms with Crippen LogP contribution in [-0.4, -0.2) is 44.2 Å². The highest BCUT2D eigenvalue weighted by Crippen LogP contribution is 2.36. The molecule has 0 amide bonds. The SMILES string of the molecule is COCCN=C(NN)N(C)C1CCC(C)(C)CC1. The van der Waals surface area contributed by atoms with Crippen LogP contribution >= 0.6 is 0 Å². The highest BCUT2D eigenvalue weighted by Gasteiger charge is 2.29. The number of aliphatic imine (C=N–C) groups is 1. The number of methoxy groups -OCH3 is 1. The molecule has 5 nitrogen and oxygen atoms in total. The second kappa shape index (κ2) is 6.95. The van der Waals surface area contributed by atoms with Crippen molar-refractivity contribution in [3.8, 4) is 0 Å². The molecule has 0 radical (unpaired) electrons. The van der Waals surface area contributed by atoms with Gasteiger partial charge in [-0.2, -0.15) is 0 Å². The lowest BCUT2D eigenvalue weighted by molar-refractivity contribution is 0.166. The Morgan fingerprint density at radius 1 is 1.44 bits per heavy atom. The predicted molar refractivity (Wildman–Crippen MR) is 75.3 cm³/mol. The fraction of sp³-hybridized carbons (Fsp3) is 0.923. The first-order valence-corrected chi connectivity index (χ1v) is 6.73. The van der Waals surface area contributed by atoms with Gasteiger partial charge in [0, 0.05) is 20.2 Å². The summed E-state index contributed by atoms with van der Waals surface area (Å²) in [6, 6.07) is 0.537. The third-order valence-electron chi connectivity index (χ3n) is 3.88. The minimum atomic E-state index is 0.487. The molecule has 0 aromatic carbocycles. The van der Waals surface area contributed by atoms with Gasteiger partial charge in [-0.3, -0.25) is 5.43 Å². The Hall–Kier alpha value is -0.810. The lowest BCUT2D eigenvalue weighted by Crippen LogP contribution is -2.49. The molecule has 1 fully saturated rings. The van der Waals surface area contributed by atoms with Crippen molar-refractivity contribution >= 4 is 5.96 Å². The van der Waals surface area contributed by atoms with E-state index in [0.29, 0.717) is 24.6 Å². The van der Waals surface area contributed by atoms with E-state index in [9.17, 15) is 0 Å². The van der Waals surface area contributed by atoms with E-state index in [1.165, 1.54) is 25.7 Å². The van der Waals surface area contributed by atoms with Crippen molar-refractivity contribution in [1.82, 2.24) is 10.3 Å². The fourth-order valence-electron chi connectivity index (χ4n) is 2.45. The van der Waals surface area contributed by atoms with Crippen molar-refractivity contribution in [2.45, 2.75) is 45.6 Å². The zero-order chi connectivity index (χ0) is 13.6. The van der Waals surface area contributed by atoms with E-state index in [4.69, 9.17) is 10.6 Å². The lowest BCUT2D eigenvalue weighted by Gasteiger charge is -2.39. The number of hydrazine groups is 1. The molecule has 1 rings (SSSR count). The molecule has 0 aromatic heterocycles. The summed E-state index contributed by atoms with van der Waals surface area (Å²) in [6.07, 6.45) is 4.93. The summed E-state index contributed by atoms with van der Waals surface area (Å²) < 4.78 is 5.00. The maximum Gasteiger partial charge on any atom is 0.208 e. The minimum Gasteiger partial charge on any atom is -0.383 e. The smallest absolute Gasteiger partial charge is 0.208 e. The first kappa shape index (κ1) is 15.2. The molecule has 18 heavy (non-hydrogen) atoms. The van der Waals surface area contributed by atoms with Crippen LogP contribution in [0.4, 0.5) is 0 Å². The second-order valence-electron chi connectivity index (χ2n) is 5.85. The van der Waals surface area contributed by atoms with Gasteiger partial charge >= 0.3 is 0 Å². The van der Waals surface area contributed by atoms with Crippen LogP contribution in [0.15, 0.2) is 4.99 Å². The van der Waals surface area contributed by atoms with E-state index in [1.807, 2.05) is 0 Å². The fourth-order valence-corrected chi connectivity index (χ4v) is 2.45. The number of guanidine groups is 1. The molecule has 0 aliphatic heterocycles. The van der Waals surface area contributed by atoms with E-state index in [-0.39, 0.29) is 0 Å². The molecule has 0 aromatic rings. The highest BCUT2D eigenvalue weighted by molar-refractivity contribution is 5.79. The van der Waals surface area contributed by atoms with Crippen LogP contribution in [0, 0.1) is 5.41 Å². The molecule has 1 aliphatic rings. The molecule has 0 bridgehead atoms. The minimum absolute atomic E-state index is 0.487. The Bertz CT molecular complexity index is 268. The monoisotopic (exact) mass is 256 g/mol. The zero-order valence-corrected chi connectivity index (χ0v) is 12.2. The third-order valence-corrected chi connectivity index (χ3v) is 3.88. The van der Waals surface area contributed by atoms with Crippen LogP contribution in [0.25, 0.3) is 0 Å². The van der Waals surface area contributed by atoms with Crippen LogP contribution < -0.4 is 11.3 Å². The van der Waals surface area contributed by atoms with Crippen LogP contribution in [0.3, 0.4) is 0 Å². The summed E-state index contributed by atoms with van der Waals surface area (Å²) in [5, 5.41) is 0. The molecule has 5 heteroatoms. The van der Waals surface area contributed by atoms with Gasteiger partial charge in [0.05, 0.1) is 13.2 Å². The highest BCUT2D eigenvalue weighted by atomic mass is 16.5. The van der Waals surface area contributed by atoms with Crippen LogP contribution in [0.5, 0.6) is 0 Å². The molecule has 1 saturated carbocycles. The summed E-state index contributed by atoms with van der Waals surface area (Å²) in [4.78, 5) is 6.60. The molecule has 0 atom stereocenters. The standard InChI is InChI=1S/C13H28N4O/c1-13(2)7-5-11(6-8-13)17(3)12(16-14)15-9-10-18-4/h11H,5-10,14H2,1-4H3,(H,15,16). The van der Waals surface area contributed by atoms with Crippen LogP contribution in [0.2, 0.25) is 0 Å². The van der Waals surface area contributed by atoms with Crippen LogP contribution in [-0.2, 0) is 4.74 Å².